The van der Waals surface area contributed by atoms with Gasteiger partial charge in [-0.3, -0.25) is 0 Å². The van der Waals surface area contributed by atoms with Crippen LogP contribution >= 0.6 is 0 Å². The van der Waals surface area contributed by atoms with E-state index in [-0.39, 0.29) is 100 Å². The van der Waals surface area contributed by atoms with Crippen LogP contribution in [0.4, 0.5) is 0 Å². The van der Waals surface area contributed by atoms with Crippen molar-refractivity contribution in [3.63, 3.8) is 0 Å². The topological polar surface area (TPSA) is 144 Å². The van der Waals surface area contributed by atoms with Crippen molar-refractivity contribution in [1.82, 2.24) is 30.6 Å². The van der Waals surface area contributed by atoms with Crippen molar-refractivity contribution in [3.8, 4) is 170 Å². The summed E-state index contributed by atoms with van der Waals surface area (Å²) in [6.45, 7) is 82.3. The molecule has 13 aromatic carbocycles. The molecule has 0 saturated heterocycles. The van der Waals surface area contributed by atoms with Crippen LogP contribution in [0.5, 0.6) is 34.5 Å². The van der Waals surface area contributed by atoms with E-state index in [4.69, 9.17) is 58.1 Å². The molecular weight excluding hydrogens is 1770 g/mol. The molecule has 0 radical (unpaired) electrons. The van der Waals surface area contributed by atoms with E-state index in [1.54, 1.807) is 0 Å². The fraction of sp³-hybridized carbons (Fsp3) is 0.364. The molecule has 0 N–H and O–H groups in total. The number of hydrogen-bond acceptors (Lipinski definition) is 12. The van der Waals surface area contributed by atoms with Gasteiger partial charge in [0.05, 0.1) is 0 Å². The van der Waals surface area contributed by atoms with Gasteiger partial charge in [-0.2, -0.15) is 0 Å². The molecule has 0 aliphatic rings. The van der Waals surface area contributed by atoms with Crippen molar-refractivity contribution in [2.75, 3.05) is 0 Å². The summed E-state index contributed by atoms with van der Waals surface area (Å²) >= 11 is 0. The first-order valence-corrected chi connectivity index (χ1v) is 51.2. The zero-order valence-corrected chi connectivity index (χ0v) is 92.4. The third-order valence-corrected chi connectivity index (χ3v) is 27.7. The standard InChI is InChI=1S/C132H150N6O6/c1-121(2,3)97-55-88(56-98(73-97)122(4,5)6)82-49-83(89-57-99(123(7,8)9)74-100(58-89)124(10,11)12)68-112(67-82)139-109-43-37-79(38-44-109)115-133-136-118(142-115)94-52-95(119-137-134-116(143-119)80-39-45-110(46-40-80)140-113-69-84(90-59-101(125(13,14)15)75-102(60-90)126(16,17)18)50-85(70-113)91-61-103(127(19,20)21)76-104(62-91)128(22,23)24)54-96(53-94)120-138-135-117(144-120)81-41-47-111(48-42-81)141-114-71-86(92-63-105(129(25,26)27)77-106(64-92)130(28,29)30)51-87(72-114)93-65-107(131(31,32)33)78-108(66-93)132(34,35)36/h37-78H,1-36H3. The molecule has 0 spiro atoms. The van der Waals surface area contributed by atoms with E-state index in [0.717, 1.165) is 66.8 Å². The van der Waals surface area contributed by atoms with Crippen LogP contribution in [0, 0.1) is 0 Å². The Morgan fingerprint density at radius 3 is 0.375 bits per heavy atom. The fourth-order valence-electron chi connectivity index (χ4n) is 17.7. The van der Waals surface area contributed by atoms with Crippen molar-refractivity contribution < 1.29 is 27.5 Å². The molecule has 16 aromatic rings. The third kappa shape index (κ3) is 24.0. The predicted octanol–water partition coefficient (Wildman–Crippen LogP) is 37.8. The van der Waals surface area contributed by atoms with E-state index in [1.165, 1.54) is 66.8 Å². The Hall–Kier alpha value is -13.3. The highest BCUT2D eigenvalue weighted by Crippen LogP contribution is 2.49. The Labute approximate surface area is 858 Å². The lowest BCUT2D eigenvalue weighted by Gasteiger charge is -2.27. The third-order valence-electron chi connectivity index (χ3n) is 27.7. The van der Waals surface area contributed by atoms with E-state index in [9.17, 15) is 0 Å². The number of aromatic nitrogens is 6. The Morgan fingerprint density at radius 2 is 0.243 bits per heavy atom. The predicted molar refractivity (Wildman–Crippen MR) is 599 cm³/mol. The summed E-state index contributed by atoms with van der Waals surface area (Å²) in [4.78, 5) is 0. The zero-order chi connectivity index (χ0) is 104. The minimum absolute atomic E-state index is 0.0914. The van der Waals surface area contributed by atoms with E-state index in [0.29, 0.717) is 67.9 Å². The largest absolute Gasteiger partial charge is 0.457 e. The molecule has 0 atom stereocenters. The highest BCUT2D eigenvalue weighted by molar-refractivity contribution is 5.83. The molecule has 744 valence electrons. The van der Waals surface area contributed by atoms with E-state index in [2.05, 4.69) is 413 Å². The maximum absolute atomic E-state index is 7.01. The van der Waals surface area contributed by atoms with Gasteiger partial charge in [-0.1, -0.05) is 358 Å². The summed E-state index contributed by atoms with van der Waals surface area (Å²) < 4.78 is 41.3. The molecule has 0 fully saturated rings. The molecule has 0 bridgehead atoms. The lowest BCUT2D eigenvalue weighted by atomic mass is 9.78. The monoisotopic (exact) mass is 1920 g/mol. The number of nitrogens with zero attached hydrogens (tertiary/aromatic N) is 6. The lowest BCUT2D eigenvalue weighted by Crippen LogP contribution is -2.16. The van der Waals surface area contributed by atoms with Gasteiger partial charge < -0.3 is 27.5 Å². The summed E-state index contributed by atoms with van der Waals surface area (Å²) in [6, 6.07) is 91.5. The first-order valence-electron chi connectivity index (χ1n) is 51.2. The van der Waals surface area contributed by atoms with Gasteiger partial charge in [-0.15, -0.1) is 30.6 Å². The van der Waals surface area contributed by atoms with Crippen LogP contribution in [0.2, 0.25) is 0 Å². The van der Waals surface area contributed by atoms with Crippen LogP contribution < -0.4 is 14.2 Å². The van der Waals surface area contributed by atoms with Crippen molar-refractivity contribution in [1.29, 1.82) is 0 Å². The summed E-state index contributed by atoms with van der Waals surface area (Å²) in [7, 11) is 0. The quantitative estimate of drug-likeness (QED) is 0.0806. The first kappa shape index (κ1) is 104. The second-order valence-electron chi connectivity index (χ2n) is 52.4. The Morgan fingerprint density at radius 1 is 0.125 bits per heavy atom. The summed E-state index contributed by atoms with van der Waals surface area (Å²) in [5.74, 6) is 5.55. The van der Waals surface area contributed by atoms with Crippen molar-refractivity contribution in [3.05, 3.63) is 322 Å². The highest BCUT2D eigenvalue weighted by Gasteiger charge is 2.32. The minimum Gasteiger partial charge on any atom is -0.457 e. The van der Waals surface area contributed by atoms with Crippen LogP contribution in [0.1, 0.15) is 316 Å². The first-order chi connectivity index (χ1) is 66.7. The molecule has 0 aliphatic carbocycles. The maximum atomic E-state index is 7.01. The molecule has 0 amide bonds. The summed E-state index contributed by atoms with van der Waals surface area (Å²) in [5, 5.41) is 28.3. The van der Waals surface area contributed by atoms with Gasteiger partial charge in [0, 0.05) is 33.4 Å². The normalized spacial score (nSPS) is 13.0. The number of hydrogen-bond donors (Lipinski definition) is 0. The molecule has 144 heavy (non-hydrogen) atoms. The summed E-state index contributed by atoms with van der Waals surface area (Å²) in [5.41, 5.74) is 31.1. The smallest absolute Gasteiger partial charge is 0.248 e. The second-order valence-corrected chi connectivity index (χ2v) is 52.4. The fourth-order valence-corrected chi connectivity index (χ4v) is 17.7. The molecule has 0 saturated carbocycles. The average molecular weight is 1920 g/mol. The van der Waals surface area contributed by atoms with Gasteiger partial charge in [0.15, 0.2) is 0 Å². The Bertz CT molecular complexity index is 6280. The van der Waals surface area contributed by atoms with E-state index in [1.807, 2.05) is 91.0 Å². The van der Waals surface area contributed by atoms with Crippen LogP contribution in [0.3, 0.4) is 0 Å². The zero-order valence-electron chi connectivity index (χ0n) is 92.4. The number of benzene rings is 13. The Kier molecular flexibility index (Phi) is 27.1. The molecular formula is C132H150N6O6. The molecule has 3 aromatic heterocycles. The van der Waals surface area contributed by atoms with Gasteiger partial charge in [-0.05, 0) is 344 Å². The summed E-state index contributed by atoms with van der Waals surface area (Å²) in [6.07, 6.45) is 0. The second kappa shape index (κ2) is 37.7. The van der Waals surface area contributed by atoms with E-state index >= 15 is 0 Å². The molecule has 16 rings (SSSR count). The van der Waals surface area contributed by atoms with Gasteiger partial charge in [-0.25, -0.2) is 0 Å². The molecule has 12 nitrogen and oxygen atoms in total. The molecule has 3 heterocycles. The van der Waals surface area contributed by atoms with Crippen LogP contribution in [-0.2, 0) is 65.0 Å². The number of ether oxygens (including phenoxy) is 3. The molecule has 12 heteroatoms. The van der Waals surface area contributed by atoms with Crippen molar-refractivity contribution >= 4 is 0 Å². The van der Waals surface area contributed by atoms with Crippen molar-refractivity contribution in [2.24, 2.45) is 0 Å². The highest BCUT2D eigenvalue weighted by atomic mass is 16.5. The van der Waals surface area contributed by atoms with Crippen LogP contribution in [0.15, 0.2) is 268 Å². The maximum Gasteiger partial charge on any atom is 0.248 e. The molecule has 0 unspecified atom stereocenters. The Balaban J connectivity index is 0.749. The number of rotatable bonds is 18. The SMILES string of the molecule is CC(C)(C)c1cc(-c2cc(Oc3ccc(-c4nnc(-c5cc(-c6nnc(-c7ccc(Oc8cc(-c9cc(C(C)(C)C)cc(C(C)(C)C)c9)cc(-c9cc(C(C)(C)C)cc(C(C)(C)C)c9)c8)cc7)o6)cc(-c6nnc(-c7ccc(Oc8cc(-c9cc(C(C)(C)C)cc(C(C)(C)C)c9)cc(-c9cc(C(C)(C)C)cc(C(C)(C)C)c9)c8)cc7)o6)c5)o4)cc3)cc(-c3cc(C(C)(C)C)cc(C(C)(C)C)c3)c2)cc(C(C)(C)C)c1. The van der Waals surface area contributed by atoms with Gasteiger partial charge in [0.2, 0.25) is 35.3 Å². The average Bonchev–Trinajstić information content (AvgIpc) is 1.02. The van der Waals surface area contributed by atoms with Crippen LogP contribution in [-0.4, -0.2) is 30.6 Å². The van der Waals surface area contributed by atoms with Gasteiger partial charge >= 0.3 is 0 Å². The molecule has 0 aliphatic heterocycles. The van der Waals surface area contributed by atoms with Gasteiger partial charge in [0.25, 0.3) is 0 Å². The van der Waals surface area contributed by atoms with Gasteiger partial charge in [0.1, 0.15) is 34.5 Å². The van der Waals surface area contributed by atoms with Crippen molar-refractivity contribution in [2.45, 2.75) is 314 Å². The lowest BCUT2D eigenvalue weighted by molar-refractivity contribution is 0.482. The minimum atomic E-state index is -0.0914. The van der Waals surface area contributed by atoms with Crippen LogP contribution in [0.25, 0.3) is 135 Å². The van der Waals surface area contributed by atoms with E-state index < -0.39 is 0 Å².